The summed E-state index contributed by atoms with van der Waals surface area (Å²) >= 11 is 1.90. The molecule has 6 rings (SSSR count). The molecule has 4 bridgehead atoms. The first-order valence-corrected chi connectivity index (χ1v) is 11.4. The van der Waals surface area contributed by atoms with Gasteiger partial charge in [0.25, 0.3) is 0 Å². The Hall–Kier alpha value is -0.406. The van der Waals surface area contributed by atoms with Crippen molar-refractivity contribution in [1.29, 1.82) is 0 Å². The van der Waals surface area contributed by atoms with Crippen LogP contribution >= 0.6 is 22.6 Å². The quantitative estimate of drug-likeness (QED) is 0.302. The van der Waals surface area contributed by atoms with Crippen LogP contribution in [0.1, 0.15) is 77.0 Å². The number of carbonyl (C=O) groups excluding carboxylic acids is 2. The molecule has 0 heterocycles. The zero-order valence-electron chi connectivity index (χ0n) is 16.7. The van der Waals surface area contributed by atoms with Gasteiger partial charge in [0.2, 0.25) is 0 Å². The van der Waals surface area contributed by atoms with Gasteiger partial charge in [-0.1, -0.05) is 0 Å². The molecule has 6 nitrogen and oxygen atoms in total. The summed E-state index contributed by atoms with van der Waals surface area (Å²) in [5.74, 6) is -1.48. The topological polar surface area (TPSA) is 109 Å². The van der Waals surface area contributed by atoms with Gasteiger partial charge in [0, 0.05) is 29.4 Å². The van der Waals surface area contributed by atoms with Crippen LogP contribution in [-0.2, 0) is 37.7 Å². The van der Waals surface area contributed by atoms with Crippen LogP contribution in [0.15, 0.2) is 0 Å². The number of halogens is 1. The predicted molar refractivity (Wildman–Crippen MR) is 112 cm³/mol. The number of carboxylic acids is 2. The molecule has 0 saturated heterocycles. The molecule has 0 amide bonds. The summed E-state index contributed by atoms with van der Waals surface area (Å²) in [6.45, 7) is 0. The molecule has 0 aromatic carbocycles. The normalized spacial score (nSPS) is 38.8. The van der Waals surface area contributed by atoms with Crippen LogP contribution in [-0.4, -0.2) is 34.7 Å². The van der Waals surface area contributed by atoms with Gasteiger partial charge in [-0.25, -0.2) is 0 Å². The molecule has 8 heteroatoms. The van der Waals surface area contributed by atoms with Crippen LogP contribution in [0.2, 0.25) is 0 Å². The Morgan fingerprint density at radius 1 is 0.621 bits per heavy atom. The number of fused-ring (bicyclic) bond motifs is 6. The Labute approximate surface area is 198 Å². The Balaban J connectivity index is 0.000000261. The maximum absolute atomic E-state index is 11.1. The zero-order valence-corrected chi connectivity index (χ0v) is 20.3. The van der Waals surface area contributed by atoms with Crippen LogP contribution in [0.5, 0.6) is 0 Å². The van der Waals surface area contributed by atoms with Crippen molar-refractivity contribution in [3.8, 4) is 0 Å². The van der Waals surface area contributed by atoms with E-state index >= 15 is 0 Å². The van der Waals surface area contributed by atoms with E-state index in [-0.39, 0.29) is 29.4 Å². The van der Waals surface area contributed by atoms with Crippen LogP contribution in [0.25, 0.3) is 0 Å². The van der Waals surface area contributed by atoms with E-state index in [0.29, 0.717) is 38.5 Å². The molecule has 6 fully saturated rings. The van der Waals surface area contributed by atoms with Crippen molar-refractivity contribution in [2.75, 3.05) is 0 Å². The molecule has 2 N–H and O–H groups in total. The van der Waals surface area contributed by atoms with Crippen LogP contribution in [0.4, 0.5) is 0 Å². The SMILES string of the molecule is O=C(O)C12CCC(C(=O)O)(CC1)CC2.O=CC12CCC(C=O)(CC1)CC2.[CH2-]I.[V]. The van der Waals surface area contributed by atoms with E-state index < -0.39 is 22.8 Å². The van der Waals surface area contributed by atoms with E-state index in [2.05, 4.69) is 4.93 Å². The standard InChI is InChI=1S/C10H14O4.C10H14O2.CH2I.V/c11-7(12)9-1-2-10(5-3-9,6-4-9)8(13)14;11-7-9-1-2-10(8-12,5-3-9)6-4-9;1-2;/h1-6H2,(H,11,12)(H,13,14);7-8H,1-6H2;1H2;/q;;-1;. The van der Waals surface area contributed by atoms with Gasteiger partial charge in [-0.2, -0.15) is 0 Å². The van der Waals surface area contributed by atoms with Gasteiger partial charge in [-0.15, -0.1) is 0 Å². The predicted octanol–water partition coefficient (Wildman–Crippen LogP) is 4.43. The maximum Gasteiger partial charge on any atom is 0.309 e. The summed E-state index contributed by atoms with van der Waals surface area (Å²) in [4.78, 5) is 47.0. The van der Waals surface area contributed by atoms with E-state index in [1.165, 1.54) is 0 Å². The molecule has 6 saturated carbocycles. The molecular formula is C21H30IO6V-. The fourth-order valence-electron chi connectivity index (χ4n) is 5.42. The number of aliphatic carboxylic acids is 2. The third kappa shape index (κ3) is 5.09. The first kappa shape index (κ1) is 26.6. The van der Waals surface area contributed by atoms with E-state index in [1.54, 1.807) is 0 Å². The monoisotopic (exact) mass is 556 g/mol. The first-order valence-electron chi connectivity index (χ1n) is 9.91. The minimum absolute atomic E-state index is 0. The molecule has 0 aromatic heterocycles. The zero-order chi connectivity index (χ0) is 21.1. The second kappa shape index (κ2) is 10.3. The summed E-state index contributed by atoms with van der Waals surface area (Å²) in [5.41, 5.74) is -1.27. The average molecular weight is 556 g/mol. The van der Waals surface area contributed by atoms with Gasteiger partial charge < -0.3 is 42.4 Å². The Kier molecular flexibility index (Phi) is 9.43. The molecular weight excluding hydrogens is 526 g/mol. The van der Waals surface area contributed by atoms with Gasteiger partial charge >= 0.3 is 11.9 Å². The van der Waals surface area contributed by atoms with Crippen LogP contribution < -0.4 is 0 Å². The van der Waals surface area contributed by atoms with Crippen molar-refractivity contribution < 1.29 is 47.9 Å². The largest absolute Gasteiger partial charge is 0.481 e. The molecule has 0 aliphatic heterocycles. The number of aldehydes is 2. The van der Waals surface area contributed by atoms with Crippen LogP contribution in [0, 0.1) is 26.6 Å². The van der Waals surface area contributed by atoms with Crippen molar-refractivity contribution in [2.24, 2.45) is 21.7 Å². The van der Waals surface area contributed by atoms with Gasteiger partial charge in [0.1, 0.15) is 12.6 Å². The molecule has 0 unspecified atom stereocenters. The second-order valence-corrected chi connectivity index (χ2v) is 9.13. The fourth-order valence-corrected chi connectivity index (χ4v) is 5.42. The number of rotatable bonds is 4. The number of hydrogen-bond acceptors (Lipinski definition) is 4. The van der Waals surface area contributed by atoms with Crippen molar-refractivity contribution in [3.63, 3.8) is 0 Å². The molecule has 0 atom stereocenters. The number of carboxylic acid groups (broad SMARTS) is 2. The Bertz CT molecular complexity index is 532. The van der Waals surface area contributed by atoms with E-state index in [9.17, 15) is 19.2 Å². The summed E-state index contributed by atoms with van der Waals surface area (Å²) in [5, 5.41) is 18.2. The summed E-state index contributed by atoms with van der Waals surface area (Å²) < 4.78 is 0. The van der Waals surface area contributed by atoms with E-state index in [0.717, 1.165) is 51.1 Å². The summed E-state index contributed by atoms with van der Waals surface area (Å²) in [6, 6.07) is 0. The van der Waals surface area contributed by atoms with Gasteiger partial charge in [0.15, 0.2) is 0 Å². The third-order valence-corrected chi connectivity index (χ3v) is 8.02. The fraction of sp³-hybridized carbons (Fsp3) is 0.762. The molecule has 1 radical (unpaired) electrons. The van der Waals surface area contributed by atoms with Gasteiger partial charge in [-0.05, 0) is 77.0 Å². The summed E-state index contributed by atoms with van der Waals surface area (Å²) in [6.07, 6.45) is 11.1. The smallest absolute Gasteiger partial charge is 0.309 e. The third-order valence-electron chi connectivity index (χ3n) is 8.02. The molecule has 0 spiro atoms. The molecule has 6 aliphatic rings. The van der Waals surface area contributed by atoms with E-state index in [1.807, 2.05) is 22.6 Å². The summed E-state index contributed by atoms with van der Waals surface area (Å²) in [7, 11) is 0. The molecule has 6 aliphatic carbocycles. The van der Waals surface area contributed by atoms with Crippen molar-refractivity contribution in [1.82, 2.24) is 0 Å². The Morgan fingerprint density at radius 3 is 0.966 bits per heavy atom. The molecule has 0 aromatic rings. The van der Waals surface area contributed by atoms with Gasteiger partial charge in [-0.3, -0.25) is 14.5 Å². The number of hydrogen-bond donors (Lipinski definition) is 2. The molecule has 163 valence electrons. The Morgan fingerprint density at radius 2 is 0.828 bits per heavy atom. The minimum atomic E-state index is -0.740. The average Bonchev–Trinajstić information content (AvgIpc) is 2.78. The van der Waals surface area contributed by atoms with Crippen molar-refractivity contribution in [3.05, 3.63) is 4.93 Å². The number of carbonyl (C=O) groups is 4. The second-order valence-electron chi connectivity index (χ2n) is 9.13. The van der Waals surface area contributed by atoms with Gasteiger partial charge in [0.05, 0.1) is 10.8 Å². The van der Waals surface area contributed by atoms with Crippen LogP contribution in [0.3, 0.4) is 0 Å². The maximum atomic E-state index is 11.1. The van der Waals surface area contributed by atoms with Crippen molar-refractivity contribution >= 4 is 47.1 Å². The van der Waals surface area contributed by atoms with E-state index in [4.69, 9.17) is 10.2 Å². The van der Waals surface area contributed by atoms with Crippen molar-refractivity contribution in [2.45, 2.75) is 77.0 Å². The first-order chi connectivity index (χ1) is 13.3. The molecule has 29 heavy (non-hydrogen) atoms. The minimum Gasteiger partial charge on any atom is -0.481 e.